The molecule has 18 heavy (non-hydrogen) atoms. The highest BCUT2D eigenvalue weighted by Gasteiger charge is 2.22. The second-order valence-electron chi connectivity index (χ2n) is 5.03. The lowest BCUT2D eigenvalue weighted by molar-refractivity contribution is 0.638. The van der Waals surface area contributed by atoms with Gasteiger partial charge < -0.3 is 0 Å². The van der Waals surface area contributed by atoms with Crippen molar-refractivity contribution < 1.29 is 0 Å². The van der Waals surface area contributed by atoms with Crippen molar-refractivity contribution in [2.75, 3.05) is 0 Å². The minimum absolute atomic E-state index is 0.252. The van der Waals surface area contributed by atoms with Crippen molar-refractivity contribution in [3.05, 3.63) is 60.7 Å². The van der Waals surface area contributed by atoms with Crippen molar-refractivity contribution in [1.29, 1.82) is 0 Å². The van der Waals surface area contributed by atoms with E-state index in [-0.39, 0.29) is 7.92 Å². The first-order valence-electron chi connectivity index (χ1n) is 6.59. The second kappa shape index (κ2) is 6.16. The summed E-state index contributed by atoms with van der Waals surface area (Å²) in [5.74, 6) is 0.705. The molecule has 0 radical (unpaired) electrons. The van der Waals surface area contributed by atoms with Crippen LogP contribution in [0.3, 0.4) is 0 Å². The van der Waals surface area contributed by atoms with E-state index in [0.29, 0.717) is 11.6 Å². The zero-order valence-electron chi connectivity index (χ0n) is 11.4. The van der Waals surface area contributed by atoms with Gasteiger partial charge in [-0.15, -0.1) is 0 Å². The molecule has 94 valence electrons. The molecular weight excluding hydrogens is 235 g/mol. The fraction of sp³-hybridized carbons (Fsp3) is 0.294. The Morgan fingerprint density at radius 1 is 0.667 bits per heavy atom. The maximum absolute atomic E-state index is 2.39. The average Bonchev–Trinajstić information content (AvgIpc) is 2.41. The fourth-order valence-corrected chi connectivity index (χ4v) is 4.92. The summed E-state index contributed by atoms with van der Waals surface area (Å²) < 4.78 is 0. The molecule has 2 aromatic carbocycles. The highest BCUT2D eigenvalue weighted by molar-refractivity contribution is 7.73. The summed E-state index contributed by atoms with van der Waals surface area (Å²) in [5, 5.41) is 2.97. The van der Waals surface area contributed by atoms with Crippen LogP contribution in [0.4, 0.5) is 0 Å². The van der Waals surface area contributed by atoms with Crippen molar-refractivity contribution in [2.24, 2.45) is 5.92 Å². The van der Waals surface area contributed by atoms with Gasteiger partial charge in [0.25, 0.3) is 0 Å². The number of rotatable bonds is 4. The van der Waals surface area contributed by atoms with E-state index < -0.39 is 0 Å². The van der Waals surface area contributed by atoms with E-state index in [1.807, 2.05) is 0 Å². The van der Waals surface area contributed by atoms with Gasteiger partial charge in [0.05, 0.1) is 0 Å². The van der Waals surface area contributed by atoms with Crippen LogP contribution in [0, 0.1) is 5.92 Å². The monoisotopic (exact) mass is 256 g/mol. The van der Waals surface area contributed by atoms with Crippen molar-refractivity contribution >= 4 is 18.5 Å². The van der Waals surface area contributed by atoms with Crippen LogP contribution in [0.15, 0.2) is 60.7 Å². The van der Waals surface area contributed by atoms with Gasteiger partial charge in [-0.2, -0.15) is 0 Å². The van der Waals surface area contributed by atoms with Gasteiger partial charge in [0.15, 0.2) is 0 Å². The van der Waals surface area contributed by atoms with E-state index in [4.69, 9.17) is 0 Å². The first-order chi connectivity index (χ1) is 8.70. The fourth-order valence-electron chi connectivity index (χ4n) is 2.09. The lowest BCUT2D eigenvalue weighted by Crippen LogP contribution is -2.23. The molecule has 2 rings (SSSR count). The quantitative estimate of drug-likeness (QED) is 0.720. The topological polar surface area (TPSA) is 0 Å². The second-order valence-corrected chi connectivity index (χ2v) is 7.61. The lowest BCUT2D eigenvalue weighted by Gasteiger charge is -2.28. The van der Waals surface area contributed by atoms with Crippen molar-refractivity contribution in [2.45, 2.75) is 26.4 Å². The normalized spacial score (nSPS) is 12.9. The molecule has 1 heteroatoms. The molecule has 0 N–H and O–H groups in total. The van der Waals surface area contributed by atoms with E-state index in [9.17, 15) is 0 Å². The third-order valence-corrected chi connectivity index (χ3v) is 6.56. The molecule has 0 spiro atoms. The van der Waals surface area contributed by atoms with Crippen molar-refractivity contribution in [3.8, 4) is 0 Å². The zero-order valence-corrected chi connectivity index (χ0v) is 12.3. The largest absolute Gasteiger partial charge is 0.0622 e. The maximum atomic E-state index is 2.39. The summed E-state index contributed by atoms with van der Waals surface area (Å²) in [7, 11) is -0.252. The van der Waals surface area contributed by atoms with E-state index in [1.165, 1.54) is 10.6 Å². The third-order valence-electron chi connectivity index (χ3n) is 3.44. The van der Waals surface area contributed by atoms with E-state index in [2.05, 4.69) is 81.4 Å². The number of benzene rings is 2. The molecule has 0 bridgehead atoms. The Bertz CT molecular complexity index is 422. The molecule has 1 atom stereocenters. The highest BCUT2D eigenvalue weighted by atomic mass is 31.1. The predicted molar refractivity (Wildman–Crippen MR) is 83.4 cm³/mol. The van der Waals surface area contributed by atoms with Gasteiger partial charge in [-0.25, -0.2) is 0 Å². The van der Waals surface area contributed by atoms with Gasteiger partial charge in [0, 0.05) is 0 Å². The van der Waals surface area contributed by atoms with E-state index in [1.54, 1.807) is 0 Å². The first kappa shape index (κ1) is 13.3. The maximum Gasteiger partial charge on any atom is -0.0134 e. The Morgan fingerprint density at radius 3 is 1.39 bits per heavy atom. The van der Waals surface area contributed by atoms with Gasteiger partial charge >= 0.3 is 0 Å². The summed E-state index contributed by atoms with van der Waals surface area (Å²) in [4.78, 5) is 0. The van der Waals surface area contributed by atoms with Crippen LogP contribution in [0.5, 0.6) is 0 Å². The molecule has 0 heterocycles. The van der Waals surface area contributed by atoms with Crippen LogP contribution < -0.4 is 10.6 Å². The van der Waals surface area contributed by atoms with Gasteiger partial charge in [-0.1, -0.05) is 81.4 Å². The molecule has 0 saturated carbocycles. The molecule has 0 aromatic heterocycles. The molecule has 0 fully saturated rings. The summed E-state index contributed by atoms with van der Waals surface area (Å²) in [5.41, 5.74) is 0.699. The molecule has 0 nitrogen and oxygen atoms in total. The van der Waals surface area contributed by atoms with Crippen LogP contribution in [0.25, 0.3) is 0 Å². The van der Waals surface area contributed by atoms with Gasteiger partial charge in [-0.3, -0.25) is 0 Å². The summed E-state index contributed by atoms with van der Waals surface area (Å²) in [6, 6.07) is 21.9. The molecule has 0 aliphatic heterocycles. The van der Waals surface area contributed by atoms with Crippen LogP contribution in [0.2, 0.25) is 0 Å². The third kappa shape index (κ3) is 3.00. The molecule has 0 amide bonds. The Kier molecular flexibility index (Phi) is 4.55. The molecule has 0 aliphatic carbocycles. The zero-order chi connectivity index (χ0) is 13.0. The molecule has 0 aliphatic rings. The average molecular weight is 256 g/mol. The van der Waals surface area contributed by atoms with Crippen LogP contribution >= 0.6 is 7.92 Å². The van der Waals surface area contributed by atoms with Gasteiger partial charge in [0.1, 0.15) is 0 Å². The molecule has 0 saturated heterocycles. The minimum atomic E-state index is -0.252. The molecular formula is C17H21P. The number of hydrogen-bond donors (Lipinski definition) is 0. The number of hydrogen-bond acceptors (Lipinski definition) is 0. The van der Waals surface area contributed by atoms with Crippen LogP contribution in [-0.4, -0.2) is 5.66 Å². The van der Waals surface area contributed by atoms with Crippen LogP contribution in [0.1, 0.15) is 20.8 Å². The minimum Gasteiger partial charge on any atom is -0.0622 e. The Morgan fingerprint density at radius 2 is 1.06 bits per heavy atom. The van der Waals surface area contributed by atoms with Gasteiger partial charge in [-0.05, 0) is 30.1 Å². The van der Waals surface area contributed by atoms with Gasteiger partial charge in [0.2, 0.25) is 0 Å². The highest BCUT2D eigenvalue weighted by Crippen LogP contribution is 2.42. The SMILES string of the molecule is CC(C)[C@@H](C)P(c1ccccc1)c1ccccc1. The van der Waals surface area contributed by atoms with E-state index >= 15 is 0 Å². The summed E-state index contributed by atoms with van der Waals surface area (Å²) >= 11 is 0. The molecule has 0 unspecified atom stereocenters. The van der Waals surface area contributed by atoms with Crippen molar-refractivity contribution in [3.63, 3.8) is 0 Å². The van der Waals surface area contributed by atoms with Crippen LogP contribution in [-0.2, 0) is 0 Å². The first-order valence-corrected chi connectivity index (χ1v) is 8.00. The van der Waals surface area contributed by atoms with Crippen molar-refractivity contribution in [1.82, 2.24) is 0 Å². The summed E-state index contributed by atoms with van der Waals surface area (Å²) in [6.07, 6.45) is 0. The smallest absolute Gasteiger partial charge is 0.0134 e. The Labute approximate surface area is 112 Å². The Hall–Kier alpha value is -1.13. The predicted octanol–water partition coefficient (Wildman–Crippen LogP) is 4.16. The van der Waals surface area contributed by atoms with E-state index in [0.717, 1.165) is 0 Å². The molecule has 2 aromatic rings. The standard InChI is InChI=1S/C17H21P/c1-14(2)15(3)18(16-10-6-4-7-11-16)17-12-8-5-9-13-17/h4-15H,1-3H3/t15-/m1/s1. The lowest BCUT2D eigenvalue weighted by atomic mass is 10.2. The summed E-state index contributed by atoms with van der Waals surface area (Å²) in [6.45, 7) is 7.04. The Balaban J connectivity index is 2.42.